The first-order valence-electron chi connectivity index (χ1n) is 14.3. The first-order valence-corrected chi connectivity index (χ1v) is 14.3. The Morgan fingerprint density at radius 2 is 1.37 bits per heavy atom. The zero-order chi connectivity index (χ0) is 25.5. The Bertz CT molecular complexity index is 1170. The quantitative estimate of drug-likeness (QED) is 0.323. The van der Waals surface area contributed by atoms with Gasteiger partial charge in [-0.3, -0.25) is 0 Å². The SMILES string of the molecule is CCCc1cc(C(C)(C)C)cc2c1-c1c(CCC)c(CCC)c(C(C)(C)C)c(C3=CC=CC3)c1C2. The Kier molecular flexibility index (Phi) is 7.25. The van der Waals surface area contributed by atoms with Gasteiger partial charge < -0.3 is 0 Å². The lowest BCUT2D eigenvalue weighted by molar-refractivity contribution is 0.576. The van der Waals surface area contributed by atoms with E-state index in [2.05, 4.69) is 92.7 Å². The average molecular weight is 469 g/mol. The first-order chi connectivity index (χ1) is 16.5. The van der Waals surface area contributed by atoms with Crippen LogP contribution in [-0.4, -0.2) is 0 Å². The molecule has 0 nitrogen and oxygen atoms in total. The summed E-state index contributed by atoms with van der Waals surface area (Å²) in [6.07, 6.45) is 16.3. The number of benzene rings is 2. The minimum atomic E-state index is 0.123. The van der Waals surface area contributed by atoms with Crippen molar-refractivity contribution in [3.05, 3.63) is 74.9 Å². The van der Waals surface area contributed by atoms with Gasteiger partial charge in [0.05, 0.1) is 0 Å². The van der Waals surface area contributed by atoms with E-state index < -0.39 is 0 Å². The molecule has 0 saturated carbocycles. The summed E-state index contributed by atoms with van der Waals surface area (Å²) >= 11 is 0. The Morgan fingerprint density at radius 1 is 0.714 bits per heavy atom. The van der Waals surface area contributed by atoms with Crippen molar-refractivity contribution in [1.29, 1.82) is 0 Å². The Hall–Kier alpha value is -2.08. The molecule has 0 spiro atoms. The molecule has 35 heavy (non-hydrogen) atoms. The van der Waals surface area contributed by atoms with Crippen molar-refractivity contribution < 1.29 is 0 Å². The summed E-state index contributed by atoms with van der Waals surface area (Å²) in [6, 6.07) is 5.12. The van der Waals surface area contributed by atoms with Crippen molar-refractivity contribution in [2.24, 2.45) is 0 Å². The molecule has 2 aliphatic carbocycles. The number of rotatable bonds is 7. The number of aryl methyl sites for hydroxylation is 1. The van der Waals surface area contributed by atoms with E-state index in [1.807, 2.05) is 0 Å². The van der Waals surface area contributed by atoms with E-state index in [9.17, 15) is 0 Å². The number of hydrogen-bond acceptors (Lipinski definition) is 0. The van der Waals surface area contributed by atoms with Gasteiger partial charge in [0.15, 0.2) is 0 Å². The van der Waals surface area contributed by atoms with Crippen LogP contribution in [0.3, 0.4) is 0 Å². The predicted molar refractivity (Wildman–Crippen MR) is 156 cm³/mol. The first kappa shape index (κ1) is 26.0. The minimum absolute atomic E-state index is 0.123. The van der Waals surface area contributed by atoms with E-state index in [0.717, 1.165) is 12.8 Å². The lowest BCUT2D eigenvalue weighted by Crippen LogP contribution is -2.21. The summed E-state index contributed by atoms with van der Waals surface area (Å²) in [5.41, 5.74) is 17.9. The highest BCUT2D eigenvalue weighted by atomic mass is 14.4. The van der Waals surface area contributed by atoms with E-state index in [1.54, 1.807) is 50.1 Å². The van der Waals surface area contributed by atoms with Gasteiger partial charge in [-0.25, -0.2) is 0 Å². The van der Waals surface area contributed by atoms with Gasteiger partial charge in [-0.2, -0.15) is 0 Å². The van der Waals surface area contributed by atoms with Gasteiger partial charge in [0.1, 0.15) is 0 Å². The number of hydrogen-bond donors (Lipinski definition) is 0. The van der Waals surface area contributed by atoms with E-state index in [-0.39, 0.29) is 10.8 Å². The topological polar surface area (TPSA) is 0 Å². The summed E-state index contributed by atoms with van der Waals surface area (Å²) in [5.74, 6) is 0. The molecule has 0 heteroatoms. The summed E-state index contributed by atoms with van der Waals surface area (Å²) in [4.78, 5) is 0. The Labute approximate surface area is 215 Å². The zero-order valence-electron chi connectivity index (χ0n) is 24.0. The molecule has 4 rings (SSSR count). The molecule has 0 heterocycles. The summed E-state index contributed by atoms with van der Waals surface area (Å²) < 4.78 is 0. The Balaban J connectivity index is 2.15. The molecule has 0 aliphatic heterocycles. The fraction of sp³-hybridized carbons (Fsp3) is 0.543. The fourth-order valence-corrected chi connectivity index (χ4v) is 6.57. The van der Waals surface area contributed by atoms with Crippen LogP contribution in [0.15, 0.2) is 30.4 Å². The normalized spacial score (nSPS) is 14.9. The molecule has 188 valence electrons. The zero-order valence-corrected chi connectivity index (χ0v) is 24.0. The third kappa shape index (κ3) is 4.71. The number of allylic oxidation sites excluding steroid dienone is 4. The summed E-state index contributed by atoms with van der Waals surface area (Å²) in [7, 11) is 0. The van der Waals surface area contributed by atoms with Crippen molar-refractivity contribution >= 4 is 5.57 Å². The van der Waals surface area contributed by atoms with Crippen molar-refractivity contribution in [2.75, 3.05) is 0 Å². The van der Waals surface area contributed by atoms with Gasteiger partial charge in [0.25, 0.3) is 0 Å². The summed E-state index contributed by atoms with van der Waals surface area (Å²) in [5, 5.41) is 0. The maximum Gasteiger partial charge on any atom is -0.000698 e. The van der Waals surface area contributed by atoms with Crippen LogP contribution in [0.25, 0.3) is 16.7 Å². The van der Waals surface area contributed by atoms with Crippen LogP contribution in [0.2, 0.25) is 0 Å². The van der Waals surface area contributed by atoms with Gasteiger partial charge in [0, 0.05) is 0 Å². The van der Waals surface area contributed by atoms with E-state index >= 15 is 0 Å². The molecular weight excluding hydrogens is 420 g/mol. The smallest absolute Gasteiger partial charge is 0.000698 e. The highest BCUT2D eigenvalue weighted by molar-refractivity contribution is 5.91. The van der Waals surface area contributed by atoms with Gasteiger partial charge in [-0.15, -0.1) is 0 Å². The lowest BCUT2D eigenvalue weighted by atomic mass is 9.72. The highest BCUT2D eigenvalue weighted by Gasteiger charge is 2.35. The van der Waals surface area contributed by atoms with Gasteiger partial charge in [0.2, 0.25) is 0 Å². The third-order valence-corrected chi connectivity index (χ3v) is 7.97. The second kappa shape index (κ2) is 9.76. The van der Waals surface area contributed by atoms with Crippen molar-refractivity contribution in [2.45, 2.75) is 125 Å². The molecule has 2 aromatic carbocycles. The standard InChI is InChI=1S/C35H48/c1-10-15-24-20-26(34(4,5)6)21-25-22-29-31(23-18-13-14-19-23)33(35(7,8)9)28(17-12-3)27(16-11-2)32(29)30(24)25/h13-14,18,20-21H,10-12,15-17,19,22H2,1-9H3. The molecule has 2 aromatic rings. The minimum Gasteiger partial charge on any atom is -0.0801 e. The van der Waals surface area contributed by atoms with Crippen molar-refractivity contribution in [3.63, 3.8) is 0 Å². The van der Waals surface area contributed by atoms with Crippen LogP contribution >= 0.6 is 0 Å². The molecule has 0 atom stereocenters. The van der Waals surface area contributed by atoms with Crippen LogP contribution in [0, 0.1) is 0 Å². The van der Waals surface area contributed by atoms with E-state index in [0.29, 0.717) is 0 Å². The third-order valence-electron chi connectivity index (χ3n) is 7.97. The predicted octanol–water partition coefficient (Wildman–Crippen LogP) is 10.1. The van der Waals surface area contributed by atoms with E-state index in [1.165, 1.54) is 49.7 Å². The maximum absolute atomic E-state index is 2.56. The fourth-order valence-electron chi connectivity index (χ4n) is 6.57. The van der Waals surface area contributed by atoms with Crippen LogP contribution in [0.1, 0.15) is 133 Å². The number of fused-ring (bicyclic) bond motifs is 3. The molecule has 2 aliphatic rings. The van der Waals surface area contributed by atoms with Crippen molar-refractivity contribution in [3.8, 4) is 11.1 Å². The molecule has 0 bridgehead atoms. The second-order valence-corrected chi connectivity index (χ2v) is 13.0. The molecular formula is C35H48. The molecule has 0 amide bonds. The van der Waals surface area contributed by atoms with Crippen LogP contribution in [0.5, 0.6) is 0 Å². The molecule has 0 fully saturated rings. The van der Waals surface area contributed by atoms with Crippen LogP contribution < -0.4 is 0 Å². The van der Waals surface area contributed by atoms with Crippen LogP contribution in [-0.2, 0) is 36.5 Å². The molecule has 0 aromatic heterocycles. The van der Waals surface area contributed by atoms with Gasteiger partial charge in [-0.1, -0.05) is 112 Å². The van der Waals surface area contributed by atoms with Gasteiger partial charge in [-0.05, 0) is 104 Å². The Morgan fingerprint density at radius 3 is 1.91 bits per heavy atom. The summed E-state index contributed by atoms with van der Waals surface area (Å²) in [6.45, 7) is 21.5. The maximum atomic E-state index is 2.56. The molecule has 0 radical (unpaired) electrons. The largest absolute Gasteiger partial charge is 0.0801 e. The van der Waals surface area contributed by atoms with Crippen molar-refractivity contribution in [1.82, 2.24) is 0 Å². The second-order valence-electron chi connectivity index (χ2n) is 13.0. The van der Waals surface area contributed by atoms with E-state index in [4.69, 9.17) is 0 Å². The molecule has 0 saturated heterocycles. The average Bonchev–Trinajstić information content (AvgIpc) is 3.42. The lowest BCUT2D eigenvalue weighted by Gasteiger charge is -2.32. The van der Waals surface area contributed by atoms with Gasteiger partial charge >= 0.3 is 0 Å². The highest BCUT2D eigenvalue weighted by Crippen LogP contribution is 2.52. The molecule has 0 unspecified atom stereocenters. The van der Waals surface area contributed by atoms with Crippen LogP contribution in [0.4, 0.5) is 0 Å². The monoisotopic (exact) mass is 468 g/mol. The molecule has 0 N–H and O–H groups in total.